The van der Waals surface area contributed by atoms with Crippen molar-refractivity contribution < 1.29 is 27.5 Å². The Bertz CT molecular complexity index is 635. The lowest BCUT2D eigenvalue weighted by Crippen LogP contribution is -2.30. The molecule has 0 spiro atoms. The van der Waals surface area contributed by atoms with Gasteiger partial charge in [0.05, 0.1) is 6.26 Å². The Kier molecular flexibility index (Phi) is 4.32. The molecule has 2 rings (SSSR count). The summed E-state index contributed by atoms with van der Waals surface area (Å²) in [5.41, 5.74) is -0.594. The number of carbonyl (C=O) groups excluding carboxylic acids is 2. The summed E-state index contributed by atoms with van der Waals surface area (Å²) in [4.78, 5) is 23.3. The van der Waals surface area contributed by atoms with Crippen molar-refractivity contribution in [3.63, 3.8) is 0 Å². The summed E-state index contributed by atoms with van der Waals surface area (Å²) in [6.45, 7) is 1.27. The smallest absolute Gasteiger partial charge is 0.374 e. The second-order valence-corrected chi connectivity index (χ2v) is 4.11. The Balaban J connectivity index is 2.01. The number of nitrogens with one attached hydrogen (secondary N) is 1. The van der Waals surface area contributed by atoms with E-state index < -0.39 is 35.3 Å². The Morgan fingerprint density at radius 2 is 1.86 bits per heavy atom. The summed E-state index contributed by atoms with van der Waals surface area (Å²) in [6.07, 6.45) is 0.0253. The van der Waals surface area contributed by atoms with Gasteiger partial charge < -0.3 is 14.5 Å². The molecule has 0 fully saturated rings. The maximum absolute atomic E-state index is 13.4. The number of halogens is 2. The number of ether oxygens (including phenoxy) is 1. The molecule has 0 bridgehead atoms. The van der Waals surface area contributed by atoms with Crippen LogP contribution in [0.5, 0.6) is 0 Å². The average molecular weight is 295 g/mol. The largest absolute Gasteiger partial charge is 0.457 e. The van der Waals surface area contributed by atoms with E-state index in [4.69, 9.17) is 9.15 Å². The number of hydrogen-bond acceptors (Lipinski definition) is 4. The lowest BCUT2D eigenvalue weighted by atomic mass is 10.2. The molecular formula is C14H11F2NO4. The van der Waals surface area contributed by atoms with Crippen LogP contribution < -0.4 is 5.32 Å². The van der Waals surface area contributed by atoms with E-state index >= 15 is 0 Å². The summed E-state index contributed by atoms with van der Waals surface area (Å²) in [7, 11) is 0. The van der Waals surface area contributed by atoms with Crippen molar-refractivity contribution in [3.05, 3.63) is 54.0 Å². The van der Waals surface area contributed by atoms with Crippen molar-refractivity contribution in [2.45, 2.75) is 13.0 Å². The Labute approximate surface area is 118 Å². The van der Waals surface area contributed by atoms with Gasteiger partial charge in [-0.3, -0.25) is 4.79 Å². The number of furan rings is 1. The molecule has 5 nitrogen and oxygen atoms in total. The minimum atomic E-state index is -1.25. The molecule has 0 radical (unpaired) electrons. The van der Waals surface area contributed by atoms with Crippen molar-refractivity contribution in [1.29, 1.82) is 0 Å². The highest BCUT2D eigenvalue weighted by Crippen LogP contribution is 2.18. The predicted octanol–water partition coefficient (Wildman–Crippen LogP) is 2.74. The quantitative estimate of drug-likeness (QED) is 0.881. The van der Waals surface area contributed by atoms with Gasteiger partial charge in [-0.1, -0.05) is 6.07 Å². The topological polar surface area (TPSA) is 68.5 Å². The first kappa shape index (κ1) is 14.7. The molecule has 1 aromatic carbocycles. The minimum Gasteiger partial charge on any atom is -0.457 e. The number of amides is 1. The highest BCUT2D eigenvalue weighted by Gasteiger charge is 2.22. The molecule has 0 aliphatic heterocycles. The Morgan fingerprint density at radius 1 is 1.19 bits per heavy atom. The van der Waals surface area contributed by atoms with Crippen LogP contribution in [0.1, 0.15) is 17.5 Å². The van der Waals surface area contributed by atoms with E-state index in [9.17, 15) is 18.4 Å². The van der Waals surface area contributed by atoms with Crippen LogP contribution in [0.3, 0.4) is 0 Å². The zero-order valence-corrected chi connectivity index (χ0v) is 10.9. The van der Waals surface area contributed by atoms with Gasteiger partial charge in [0.25, 0.3) is 5.91 Å². The van der Waals surface area contributed by atoms with Gasteiger partial charge in [-0.05, 0) is 31.2 Å². The SMILES string of the molecule is CC(OC(=O)c1ccco1)C(=O)Nc1c(F)cccc1F. The first-order chi connectivity index (χ1) is 9.99. The van der Waals surface area contributed by atoms with E-state index in [0.29, 0.717) is 0 Å². The van der Waals surface area contributed by atoms with E-state index in [-0.39, 0.29) is 5.76 Å². The summed E-state index contributed by atoms with van der Waals surface area (Å²) >= 11 is 0. The summed E-state index contributed by atoms with van der Waals surface area (Å²) in [6, 6.07) is 6.01. The van der Waals surface area contributed by atoms with Crippen molar-refractivity contribution in [2.75, 3.05) is 5.32 Å². The van der Waals surface area contributed by atoms with Gasteiger partial charge in [0.15, 0.2) is 6.10 Å². The standard InChI is InChI=1S/C14H11F2NO4/c1-8(21-14(19)11-6-3-7-20-11)13(18)17-12-9(15)4-2-5-10(12)16/h2-8H,1H3,(H,17,18). The third-order valence-corrected chi connectivity index (χ3v) is 2.59. The van der Waals surface area contributed by atoms with E-state index in [1.54, 1.807) is 0 Å². The average Bonchev–Trinajstić information content (AvgIpc) is 2.97. The van der Waals surface area contributed by atoms with Crippen LogP contribution in [0.4, 0.5) is 14.5 Å². The van der Waals surface area contributed by atoms with Crippen LogP contribution in [-0.4, -0.2) is 18.0 Å². The van der Waals surface area contributed by atoms with Gasteiger partial charge >= 0.3 is 5.97 Å². The second-order valence-electron chi connectivity index (χ2n) is 4.11. The molecule has 1 atom stereocenters. The maximum Gasteiger partial charge on any atom is 0.374 e. The lowest BCUT2D eigenvalue weighted by Gasteiger charge is -2.13. The predicted molar refractivity (Wildman–Crippen MR) is 68.6 cm³/mol. The second kappa shape index (κ2) is 6.17. The number of anilines is 1. The minimum absolute atomic E-state index is 0.0771. The molecule has 7 heteroatoms. The molecule has 1 heterocycles. The fourth-order valence-electron chi connectivity index (χ4n) is 1.51. The van der Waals surface area contributed by atoms with Crippen molar-refractivity contribution >= 4 is 17.6 Å². The first-order valence-electron chi connectivity index (χ1n) is 5.98. The van der Waals surface area contributed by atoms with Crippen LogP contribution in [0, 0.1) is 11.6 Å². The van der Waals surface area contributed by atoms with E-state index in [0.717, 1.165) is 12.1 Å². The van der Waals surface area contributed by atoms with Crippen LogP contribution in [0.2, 0.25) is 0 Å². The summed E-state index contributed by atoms with van der Waals surface area (Å²) < 4.78 is 36.4. The van der Waals surface area contributed by atoms with Crippen molar-refractivity contribution in [3.8, 4) is 0 Å². The monoisotopic (exact) mass is 295 g/mol. The third-order valence-electron chi connectivity index (χ3n) is 2.59. The molecule has 1 amide bonds. The van der Waals surface area contributed by atoms with Gasteiger partial charge in [-0.2, -0.15) is 0 Å². The number of esters is 1. The normalized spacial score (nSPS) is 11.8. The molecule has 0 saturated carbocycles. The molecule has 1 N–H and O–H groups in total. The van der Waals surface area contributed by atoms with Crippen LogP contribution >= 0.6 is 0 Å². The van der Waals surface area contributed by atoms with Crippen LogP contribution in [0.15, 0.2) is 41.0 Å². The fourth-order valence-corrected chi connectivity index (χ4v) is 1.51. The van der Waals surface area contributed by atoms with Crippen molar-refractivity contribution in [2.24, 2.45) is 0 Å². The number of rotatable bonds is 4. The van der Waals surface area contributed by atoms with Crippen molar-refractivity contribution in [1.82, 2.24) is 0 Å². The van der Waals surface area contributed by atoms with Gasteiger partial charge in [-0.15, -0.1) is 0 Å². The van der Waals surface area contributed by atoms with E-state index in [1.165, 1.54) is 31.4 Å². The third kappa shape index (κ3) is 3.44. The molecule has 0 saturated heterocycles. The van der Waals surface area contributed by atoms with Crippen LogP contribution in [-0.2, 0) is 9.53 Å². The Hall–Kier alpha value is -2.70. The van der Waals surface area contributed by atoms with Crippen LogP contribution in [0.25, 0.3) is 0 Å². The summed E-state index contributed by atoms with van der Waals surface area (Å²) in [5.74, 6) is -3.64. The molecule has 0 aliphatic carbocycles. The molecule has 110 valence electrons. The van der Waals surface area contributed by atoms with E-state index in [2.05, 4.69) is 0 Å². The molecule has 0 aliphatic rings. The first-order valence-corrected chi connectivity index (χ1v) is 5.98. The van der Waals surface area contributed by atoms with Gasteiger partial charge in [-0.25, -0.2) is 13.6 Å². The molecular weight excluding hydrogens is 284 g/mol. The fraction of sp³-hybridized carbons (Fsp3) is 0.143. The lowest BCUT2D eigenvalue weighted by molar-refractivity contribution is -0.123. The molecule has 1 aromatic heterocycles. The van der Waals surface area contributed by atoms with E-state index in [1.807, 2.05) is 5.32 Å². The Morgan fingerprint density at radius 3 is 2.43 bits per heavy atom. The zero-order chi connectivity index (χ0) is 15.4. The highest BCUT2D eigenvalue weighted by atomic mass is 19.1. The number of carbonyl (C=O) groups is 2. The molecule has 2 aromatic rings. The molecule has 21 heavy (non-hydrogen) atoms. The van der Waals surface area contributed by atoms with Gasteiger partial charge in [0, 0.05) is 0 Å². The number of benzene rings is 1. The zero-order valence-electron chi connectivity index (χ0n) is 10.9. The van der Waals surface area contributed by atoms with Gasteiger partial charge in [0.2, 0.25) is 5.76 Å². The van der Waals surface area contributed by atoms with Gasteiger partial charge in [0.1, 0.15) is 17.3 Å². The number of hydrogen-bond donors (Lipinski definition) is 1. The number of para-hydroxylation sites is 1. The highest BCUT2D eigenvalue weighted by molar-refractivity contribution is 5.96. The maximum atomic E-state index is 13.4. The summed E-state index contributed by atoms with van der Waals surface area (Å²) in [5, 5.41) is 2.03. The molecule has 1 unspecified atom stereocenters.